The van der Waals surface area contributed by atoms with Gasteiger partial charge in [0.15, 0.2) is 5.11 Å². The number of thiocarbonyl (C=S) groups is 1. The summed E-state index contributed by atoms with van der Waals surface area (Å²) < 4.78 is 7.63. The summed E-state index contributed by atoms with van der Waals surface area (Å²) in [6.07, 6.45) is 6.02. The van der Waals surface area contributed by atoms with E-state index >= 15 is 0 Å². The molecule has 0 aliphatic carbocycles. The van der Waals surface area contributed by atoms with Crippen LogP contribution < -0.4 is 15.0 Å². The van der Waals surface area contributed by atoms with Gasteiger partial charge in [-0.3, -0.25) is 4.98 Å². The van der Waals surface area contributed by atoms with E-state index in [1.807, 2.05) is 50.5 Å². The molecule has 1 fully saturated rings. The Morgan fingerprint density at radius 3 is 2.59 bits per heavy atom. The summed E-state index contributed by atoms with van der Waals surface area (Å²) in [5.41, 5.74) is 3.19. The molecular weight excluding hydrogens is 356 g/mol. The Morgan fingerprint density at radius 2 is 1.96 bits per heavy atom. The zero-order valence-corrected chi connectivity index (χ0v) is 16.2. The molecule has 1 saturated heterocycles. The maximum Gasteiger partial charge on any atom is 0.174 e. The smallest absolute Gasteiger partial charge is 0.174 e. The minimum atomic E-state index is -0.0207. The number of hydrogen-bond donors (Lipinski definition) is 1. The van der Waals surface area contributed by atoms with Gasteiger partial charge < -0.3 is 19.5 Å². The van der Waals surface area contributed by atoms with Gasteiger partial charge in [0.2, 0.25) is 0 Å². The summed E-state index contributed by atoms with van der Waals surface area (Å²) in [6.45, 7) is 2.63. The molecule has 5 nitrogen and oxygen atoms in total. The Hall–Kier alpha value is -2.86. The lowest BCUT2D eigenvalue weighted by Crippen LogP contribution is -2.29. The maximum atomic E-state index is 5.72. The van der Waals surface area contributed by atoms with Gasteiger partial charge in [-0.2, -0.15) is 0 Å². The molecular formula is C21H22N4OS. The molecule has 1 aromatic carbocycles. The lowest BCUT2D eigenvalue weighted by Gasteiger charge is -2.27. The molecule has 138 valence electrons. The standard InChI is InChI=1S/C21H22N4OS/c1-3-26-17-9-7-16(8-10-17)25-20(15-11-13-24(2)14-15)19(23-21(25)27)18-6-4-5-12-22-18/h4-14,19-20H,3H2,1-2H3,(H,23,27). The van der Waals surface area contributed by atoms with Crippen molar-refractivity contribution in [1.82, 2.24) is 14.9 Å². The van der Waals surface area contributed by atoms with Gasteiger partial charge in [-0.15, -0.1) is 0 Å². The summed E-state index contributed by atoms with van der Waals surface area (Å²) in [4.78, 5) is 6.74. The molecule has 3 heterocycles. The molecule has 0 saturated carbocycles. The van der Waals surface area contributed by atoms with Crippen LogP contribution in [-0.4, -0.2) is 21.3 Å². The number of rotatable bonds is 5. The molecule has 2 aromatic heterocycles. The van der Waals surface area contributed by atoms with Crippen molar-refractivity contribution >= 4 is 23.0 Å². The topological polar surface area (TPSA) is 42.3 Å². The molecule has 6 heteroatoms. The molecule has 4 rings (SSSR count). The highest BCUT2D eigenvalue weighted by Crippen LogP contribution is 2.41. The SMILES string of the molecule is CCOc1ccc(N2C(=S)NC(c3ccccn3)C2c2ccn(C)c2)cc1. The van der Waals surface area contributed by atoms with Crippen LogP contribution in [0, 0.1) is 0 Å². The molecule has 1 N–H and O–H groups in total. The van der Waals surface area contributed by atoms with Gasteiger partial charge in [-0.05, 0) is 67.2 Å². The summed E-state index contributed by atoms with van der Waals surface area (Å²) in [5, 5.41) is 4.17. The Labute approximate surface area is 164 Å². The molecule has 2 atom stereocenters. The summed E-state index contributed by atoms with van der Waals surface area (Å²) in [6, 6.07) is 16.2. The number of pyridine rings is 1. The number of anilines is 1. The van der Waals surface area contributed by atoms with E-state index in [1.54, 1.807) is 0 Å². The van der Waals surface area contributed by atoms with E-state index in [4.69, 9.17) is 17.0 Å². The average Bonchev–Trinajstić information content (AvgIpc) is 3.26. The third-order valence-electron chi connectivity index (χ3n) is 4.72. The van der Waals surface area contributed by atoms with Crippen molar-refractivity contribution in [2.24, 2.45) is 7.05 Å². The van der Waals surface area contributed by atoms with Crippen LogP contribution in [-0.2, 0) is 7.05 Å². The fraction of sp³-hybridized carbons (Fsp3) is 0.238. The highest BCUT2D eigenvalue weighted by molar-refractivity contribution is 7.80. The van der Waals surface area contributed by atoms with Crippen molar-refractivity contribution in [3.8, 4) is 5.75 Å². The molecule has 0 radical (unpaired) electrons. The second-order valence-corrected chi connectivity index (χ2v) is 6.92. The van der Waals surface area contributed by atoms with E-state index < -0.39 is 0 Å². The van der Waals surface area contributed by atoms with Crippen molar-refractivity contribution in [1.29, 1.82) is 0 Å². The monoisotopic (exact) mass is 378 g/mol. The van der Waals surface area contributed by atoms with Crippen LogP contribution in [0.2, 0.25) is 0 Å². The fourth-order valence-corrected chi connectivity index (χ4v) is 3.89. The van der Waals surface area contributed by atoms with Crippen LogP contribution in [0.3, 0.4) is 0 Å². The first-order valence-corrected chi connectivity index (χ1v) is 9.43. The molecule has 1 aliphatic rings. The van der Waals surface area contributed by atoms with Gasteiger partial charge in [0, 0.05) is 31.3 Å². The van der Waals surface area contributed by atoms with Crippen LogP contribution in [0.5, 0.6) is 5.75 Å². The molecule has 0 amide bonds. The minimum Gasteiger partial charge on any atom is -0.494 e. The molecule has 27 heavy (non-hydrogen) atoms. The van der Waals surface area contributed by atoms with Gasteiger partial charge in [0.05, 0.1) is 24.4 Å². The van der Waals surface area contributed by atoms with Crippen LogP contribution >= 0.6 is 12.2 Å². The lowest BCUT2D eigenvalue weighted by molar-refractivity contribution is 0.340. The minimum absolute atomic E-state index is 0.0199. The predicted molar refractivity (Wildman–Crippen MR) is 111 cm³/mol. The average molecular weight is 379 g/mol. The number of benzene rings is 1. The first-order chi connectivity index (χ1) is 13.2. The number of hydrogen-bond acceptors (Lipinski definition) is 3. The van der Waals surface area contributed by atoms with E-state index in [2.05, 4.69) is 50.4 Å². The van der Waals surface area contributed by atoms with Crippen LogP contribution in [0.15, 0.2) is 67.1 Å². The molecule has 1 aliphatic heterocycles. The van der Waals surface area contributed by atoms with Gasteiger partial charge in [-0.1, -0.05) is 6.07 Å². The number of nitrogens with one attached hydrogen (secondary N) is 1. The lowest BCUT2D eigenvalue weighted by atomic mass is 9.98. The van der Waals surface area contributed by atoms with Crippen molar-refractivity contribution < 1.29 is 4.74 Å². The Balaban J connectivity index is 1.75. The van der Waals surface area contributed by atoms with Crippen molar-refractivity contribution in [2.75, 3.05) is 11.5 Å². The zero-order chi connectivity index (χ0) is 18.8. The Kier molecular flexibility index (Phi) is 4.81. The molecule has 0 spiro atoms. The highest BCUT2D eigenvalue weighted by atomic mass is 32.1. The Bertz CT molecular complexity index is 923. The second-order valence-electron chi connectivity index (χ2n) is 6.53. The molecule has 3 aromatic rings. The number of aromatic nitrogens is 2. The number of aryl methyl sites for hydroxylation is 1. The largest absolute Gasteiger partial charge is 0.494 e. The first-order valence-electron chi connectivity index (χ1n) is 9.02. The Morgan fingerprint density at radius 1 is 1.15 bits per heavy atom. The third-order valence-corrected chi connectivity index (χ3v) is 5.03. The van der Waals surface area contributed by atoms with Gasteiger partial charge in [0.1, 0.15) is 5.75 Å². The number of nitrogens with zero attached hydrogens (tertiary/aromatic N) is 3. The van der Waals surface area contributed by atoms with Gasteiger partial charge >= 0.3 is 0 Å². The number of ether oxygens (including phenoxy) is 1. The van der Waals surface area contributed by atoms with Crippen LogP contribution in [0.1, 0.15) is 30.3 Å². The van der Waals surface area contributed by atoms with E-state index in [9.17, 15) is 0 Å². The quantitative estimate of drug-likeness (QED) is 0.680. The second kappa shape index (κ2) is 7.40. The highest BCUT2D eigenvalue weighted by Gasteiger charge is 2.40. The molecule has 2 unspecified atom stereocenters. The zero-order valence-electron chi connectivity index (χ0n) is 15.4. The van der Waals surface area contributed by atoms with E-state index in [0.717, 1.165) is 17.1 Å². The van der Waals surface area contributed by atoms with Crippen LogP contribution in [0.4, 0.5) is 5.69 Å². The maximum absolute atomic E-state index is 5.72. The van der Waals surface area contributed by atoms with E-state index in [-0.39, 0.29) is 12.1 Å². The van der Waals surface area contributed by atoms with Gasteiger partial charge in [-0.25, -0.2) is 0 Å². The fourth-order valence-electron chi connectivity index (χ4n) is 3.54. The predicted octanol–water partition coefficient (Wildman–Crippen LogP) is 4.00. The van der Waals surface area contributed by atoms with E-state index in [0.29, 0.717) is 11.7 Å². The van der Waals surface area contributed by atoms with E-state index in [1.165, 1.54) is 5.56 Å². The summed E-state index contributed by atoms with van der Waals surface area (Å²) in [7, 11) is 2.03. The third kappa shape index (κ3) is 3.40. The molecule has 0 bridgehead atoms. The van der Waals surface area contributed by atoms with Crippen molar-refractivity contribution in [3.63, 3.8) is 0 Å². The van der Waals surface area contributed by atoms with Crippen LogP contribution in [0.25, 0.3) is 0 Å². The van der Waals surface area contributed by atoms with Crippen molar-refractivity contribution in [3.05, 3.63) is 78.4 Å². The first kappa shape index (κ1) is 17.5. The van der Waals surface area contributed by atoms with Crippen molar-refractivity contribution in [2.45, 2.75) is 19.0 Å². The normalized spacial score (nSPS) is 19.2. The summed E-state index contributed by atoms with van der Waals surface area (Å²) in [5.74, 6) is 0.858. The summed E-state index contributed by atoms with van der Waals surface area (Å²) >= 11 is 5.72. The van der Waals surface area contributed by atoms with Gasteiger partial charge in [0.25, 0.3) is 0 Å².